The van der Waals surface area contributed by atoms with E-state index in [9.17, 15) is 14.7 Å². The third-order valence-corrected chi connectivity index (χ3v) is 6.68. The van der Waals surface area contributed by atoms with E-state index < -0.39 is 17.7 Å². The molecule has 0 aliphatic carbocycles. The minimum atomic E-state index is -0.658. The number of amides is 1. The Hall–Kier alpha value is -3.42. The molecule has 1 saturated heterocycles. The van der Waals surface area contributed by atoms with Crippen LogP contribution in [0.1, 0.15) is 27.6 Å². The second-order valence-corrected chi connectivity index (χ2v) is 9.59. The summed E-state index contributed by atoms with van der Waals surface area (Å²) in [6.45, 7) is 3.47. The first-order chi connectivity index (χ1) is 16.3. The van der Waals surface area contributed by atoms with Gasteiger partial charge in [0.15, 0.2) is 0 Å². The SMILES string of the molecule is Cc1cccc(COc2ccc(/C(O)=C3\C(=O)C(=O)N(CCN(C)C)C3c3cccs3)cc2)c1. The van der Waals surface area contributed by atoms with Gasteiger partial charge in [-0.15, -0.1) is 11.3 Å². The molecule has 1 aliphatic rings. The first-order valence-corrected chi connectivity index (χ1v) is 12.0. The molecule has 1 fully saturated rings. The minimum absolute atomic E-state index is 0.125. The number of likely N-dealkylation sites (tertiary alicyclic amines) is 1. The van der Waals surface area contributed by atoms with Gasteiger partial charge in [0.05, 0.1) is 11.6 Å². The van der Waals surface area contributed by atoms with Crippen LogP contribution in [0, 0.1) is 6.92 Å². The maximum Gasteiger partial charge on any atom is 0.295 e. The number of hydrogen-bond donors (Lipinski definition) is 1. The Morgan fingerprint density at radius 3 is 2.50 bits per heavy atom. The summed E-state index contributed by atoms with van der Waals surface area (Å²) in [6, 6.07) is 18.2. The van der Waals surface area contributed by atoms with Crippen LogP contribution in [-0.2, 0) is 16.2 Å². The van der Waals surface area contributed by atoms with E-state index in [1.807, 2.05) is 61.6 Å². The lowest BCUT2D eigenvalue weighted by molar-refractivity contribution is -0.140. The van der Waals surface area contributed by atoms with Gasteiger partial charge < -0.3 is 19.6 Å². The summed E-state index contributed by atoms with van der Waals surface area (Å²) in [4.78, 5) is 30.2. The normalized spacial score (nSPS) is 17.5. The average Bonchev–Trinajstić information content (AvgIpc) is 3.43. The van der Waals surface area contributed by atoms with Crippen molar-refractivity contribution in [3.8, 4) is 5.75 Å². The van der Waals surface area contributed by atoms with Crippen molar-refractivity contribution in [1.82, 2.24) is 9.80 Å². The highest BCUT2D eigenvalue weighted by Gasteiger charge is 2.46. The molecular formula is C27H28N2O4S. The number of benzene rings is 2. The second-order valence-electron chi connectivity index (χ2n) is 8.61. The van der Waals surface area contributed by atoms with Gasteiger partial charge in [0.2, 0.25) is 0 Å². The monoisotopic (exact) mass is 476 g/mol. The maximum absolute atomic E-state index is 13.0. The third-order valence-electron chi connectivity index (χ3n) is 5.76. The van der Waals surface area contributed by atoms with Crippen LogP contribution in [0.5, 0.6) is 5.75 Å². The summed E-state index contributed by atoms with van der Waals surface area (Å²) in [7, 11) is 3.83. The molecule has 1 unspecified atom stereocenters. The van der Waals surface area contributed by atoms with Crippen molar-refractivity contribution in [1.29, 1.82) is 0 Å². The fourth-order valence-electron chi connectivity index (χ4n) is 3.99. The number of rotatable bonds is 8. The van der Waals surface area contributed by atoms with E-state index in [1.54, 1.807) is 29.2 Å². The van der Waals surface area contributed by atoms with Gasteiger partial charge >= 0.3 is 0 Å². The Labute approximate surface area is 203 Å². The molecule has 4 rings (SSSR count). The van der Waals surface area contributed by atoms with Gasteiger partial charge in [0.1, 0.15) is 18.1 Å². The first kappa shape index (κ1) is 23.7. The van der Waals surface area contributed by atoms with E-state index in [1.165, 1.54) is 16.9 Å². The summed E-state index contributed by atoms with van der Waals surface area (Å²) in [6.07, 6.45) is 0. The Bertz CT molecular complexity index is 1200. The summed E-state index contributed by atoms with van der Waals surface area (Å²) in [5.74, 6) is -0.761. The van der Waals surface area contributed by atoms with Crippen LogP contribution in [0.15, 0.2) is 71.6 Å². The Kier molecular flexibility index (Phi) is 7.14. The highest BCUT2D eigenvalue weighted by Crippen LogP contribution is 2.41. The summed E-state index contributed by atoms with van der Waals surface area (Å²) >= 11 is 1.46. The largest absolute Gasteiger partial charge is 0.507 e. The van der Waals surface area contributed by atoms with Crippen molar-refractivity contribution < 1.29 is 19.4 Å². The van der Waals surface area contributed by atoms with Gasteiger partial charge in [-0.1, -0.05) is 35.9 Å². The van der Waals surface area contributed by atoms with Gasteiger partial charge in [0, 0.05) is 23.5 Å². The number of likely N-dealkylation sites (N-methyl/N-ethyl adjacent to an activating group) is 1. The molecular weight excluding hydrogens is 448 g/mol. The fraction of sp³-hybridized carbons (Fsp3) is 0.259. The number of aryl methyl sites for hydroxylation is 1. The van der Waals surface area contributed by atoms with E-state index in [-0.39, 0.29) is 11.3 Å². The van der Waals surface area contributed by atoms with E-state index in [0.29, 0.717) is 31.0 Å². The summed E-state index contributed by atoms with van der Waals surface area (Å²) in [5, 5.41) is 13.0. The zero-order chi connectivity index (χ0) is 24.2. The van der Waals surface area contributed by atoms with Crippen LogP contribution in [0.25, 0.3) is 5.76 Å². The molecule has 1 amide bonds. The van der Waals surface area contributed by atoms with Gasteiger partial charge in [0.25, 0.3) is 11.7 Å². The standard InChI is InChI=1S/C27H28N2O4S/c1-18-6-4-7-19(16-18)17-33-21-11-9-20(10-12-21)25(30)23-24(22-8-5-15-34-22)29(14-13-28(2)3)27(32)26(23)31/h4-12,15-16,24,30H,13-14,17H2,1-3H3/b25-23+. The number of carbonyl (C=O) groups is 2. The molecule has 1 N–H and O–H groups in total. The molecule has 6 nitrogen and oxygen atoms in total. The van der Waals surface area contributed by atoms with Crippen molar-refractivity contribution in [3.05, 3.63) is 93.2 Å². The Morgan fingerprint density at radius 2 is 1.85 bits per heavy atom. The number of Topliss-reactive ketones (excluding diaryl/α,β-unsaturated/α-hetero) is 1. The van der Waals surface area contributed by atoms with E-state index >= 15 is 0 Å². The van der Waals surface area contributed by atoms with Crippen molar-refractivity contribution in [2.75, 3.05) is 27.2 Å². The van der Waals surface area contributed by atoms with Crippen molar-refractivity contribution in [2.24, 2.45) is 0 Å². The van der Waals surface area contributed by atoms with Gasteiger partial charge in [-0.25, -0.2) is 0 Å². The quantitative estimate of drug-likeness (QED) is 0.292. The number of ether oxygens (including phenoxy) is 1. The number of carbonyl (C=O) groups excluding carboxylic acids is 2. The molecule has 7 heteroatoms. The van der Waals surface area contributed by atoms with Crippen LogP contribution >= 0.6 is 11.3 Å². The molecule has 0 bridgehead atoms. The van der Waals surface area contributed by atoms with E-state index in [2.05, 4.69) is 6.07 Å². The van der Waals surface area contributed by atoms with Crippen LogP contribution in [0.2, 0.25) is 0 Å². The number of thiophene rings is 1. The summed E-state index contributed by atoms with van der Waals surface area (Å²) < 4.78 is 5.87. The lowest BCUT2D eigenvalue weighted by Crippen LogP contribution is -2.35. The van der Waals surface area contributed by atoms with Crippen LogP contribution in [-0.4, -0.2) is 53.8 Å². The highest BCUT2D eigenvalue weighted by molar-refractivity contribution is 7.10. The van der Waals surface area contributed by atoms with Crippen molar-refractivity contribution in [3.63, 3.8) is 0 Å². The fourth-order valence-corrected chi connectivity index (χ4v) is 4.84. The average molecular weight is 477 g/mol. The lowest BCUT2D eigenvalue weighted by Gasteiger charge is -2.25. The van der Waals surface area contributed by atoms with Crippen LogP contribution in [0.4, 0.5) is 0 Å². The van der Waals surface area contributed by atoms with Crippen LogP contribution in [0.3, 0.4) is 0 Å². The molecule has 176 valence electrons. The smallest absolute Gasteiger partial charge is 0.295 e. The molecule has 1 atom stereocenters. The predicted octanol–water partition coefficient (Wildman–Crippen LogP) is 4.62. The Morgan fingerprint density at radius 1 is 1.09 bits per heavy atom. The highest BCUT2D eigenvalue weighted by atomic mass is 32.1. The lowest BCUT2D eigenvalue weighted by atomic mass is 10.00. The molecule has 0 spiro atoms. The number of aliphatic hydroxyl groups excluding tert-OH is 1. The second kappa shape index (κ2) is 10.2. The predicted molar refractivity (Wildman–Crippen MR) is 134 cm³/mol. The van der Waals surface area contributed by atoms with Gasteiger partial charge in [-0.3, -0.25) is 9.59 Å². The zero-order valence-electron chi connectivity index (χ0n) is 19.5. The number of aliphatic hydroxyl groups is 1. The first-order valence-electron chi connectivity index (χ1n) is 11.1. The number of nitrogens with zero attached hydrogens (tertiary/aromatic N) is 2. The third kappa shape index (κ3) is 5.05. The summed E-state index contributed by atoms with van der Waals surface area (Å²) in [5.41, 5.74) is 2.83. The molecule has 1 aliphatic heterocycles. The molecule has 2 aromatic carbocycles. The number of hydrogen-bond acceptors (Lipinski definition) is 6. The topological polar surface area (TPSA) is 70.1 Å². The van der Waals surface area contributed by atoms with Gasteiger partial charge in [-0.05, 0) is 62.3 Å². The molecule has 0 radical (unpaired) electrons. The molecule has 2 heterocycles. The van der Waals surface area contributed by atoms with E-state index in [0.717, 1.165) is 10.4 Å². The zero-order valence-corrected chi connectivity index (χ0v) is 20.3. The molecule has 34 heavy (non-hydrogen) atoms. The molecule has 0 saturated carbocycles. The van der Waals surface area contributed by atoms with Crippen molar-refractivity contribution in [2.45, 2.75) is 19.6 Å². The van der Waals surface area contributed by atoms with E-state index in [4.69, 9.17) is 4.74 Å². The number of ketones is 1. The molecule has 1 aromatic heterocycles. The Balaban J connectivity index is 1.60. The van der Waals surface area contributed by atoms with Gasteiger partial charge in [-0.2, -0.15) is 0 Å². The van der Waals surface area contributed by atoms with Crippen LogP contribution < -0.4 is 4.74 Å². The molecule has 3 aromatic rings. The van der Waals surface area contributed by atoms with Crippen molar-refractivity contribution >= 4 is 28.8 Å². The maximum atomic E-state index is 13.0. The minimum Gasteiger partial charge on any atom is -0.507 e.